The summed E-state index contributed by atoms with van der Waals surface area (Å²) in [7, 11) is 0. The second-order valence-corrected chi connectivity index (χ2v) is 4.78. The lowest BCUT2D eigenvalue weighted by Gasteiger charge is -2.15. The average Bonchev–Trinajstić information content (AvgIpc) is 2.93. The summed E-state index contributed by atoms with van der Waals surface area (Å²) in [6.45, 7) is 6.41. The quantitative estimate of drug-likeness (QED) is 0.824. The zero-order chi connectivity index (χ0) is 13.5. The Bertz CT molecular complexity index is 472. The highest BCUT2D eigenvalue weighted by molar-refractivity contribution is 5.55. The molecule has 0 aliphatic carbocycles. The van der Waals surface area contributed by atoms with Crippen molar-refractivity contribution < 1.29 is 0 Å². The first kappa shape index (κ1) is 13.8. The number of hydrogen-bond acceptors (Lipinski definition) is 2. The molecule has 1 heterocycles. The van der Waals surface area contributed by atoms with Crippen molar-refractivity contribution in [2.45, 2.75) is 39.3 Å². The fraction of sp³-hybridized carbons (Fsp3) is 0.438. The Morgan fingerprint density at radius 2 is 1.89 bits per heavy atom. The second-order valence-electron chi connectivity index (χ2n) is 4.78. The molecule has 0 saturated carbocycles. The summed E-state index contributed by atoms with van der Waals surface area (Å²) in [6, 6.07) is 11.0. The zero-order valence-electron chi connectivity index (χ0n) is 11.8. The summed E-state index contributed by atoms with van der Waals surface area (Å²) in [6.07, 6.45) is 6.30. The summed E-state index contributed by atoms with van der Waals surface area (Å²) >= 11 is 0. The largest absolute Gasteiger partial charge is 0.330 e. The SMILES string of the molecule is CCC(CC)NCCn1ccnc1-c1ccccc1. The highest BCUT2D eigenvalue weighted by Gasteiger charge is 2.06. The van der Waals surface area contributed by atoms with Gasteiger partial charge in [-0.05, 0) is 12.8 Å². The van der Waals surface area contributed by atoms with Gasteiger partial charge in [0.1, 0.15) is 5.82 Å². The fourth-order valence-corrected chi connectivity index (χ4v) is 2.30. The van der Waals surface area contributed by atoms with Gasteiger partial charge in [0, 0.05) is 37.1 Å². The molecule has 2 aromatic rings. The molecule has 19 heavy (non-hydrogen) atoms. The van der Waals surface area contributed by atoms with Crippen molar-refractivity contribution in [2.24, 2.45) is 0 Å². The predicted molar refractivity (Wildman–Crippen MR) is 80.0 cm³/mol. The number of rotatable bonds is 7. The topological polar surface area (TPSA) is 29.9 Å². The Labute approximate surface area is 115 Å². The molecule has 0 fully saturated rings. The van der Waals surface area contributed by atoms with Gasteiger partial charge in [-0.1, -0.05) is 44.2 Å². The summed E-state index contributed by atoms with van der Waals surface area (Å²) in [4.78, 5) is 4.46. The van der Waals surface area contributed by atoms with Gasteiger partial charge in [0.15, 0.2) is 0 Å². The van der Waals surface area contributed by atoms with E-state index in [0.29, 0.717) is 6.04 Å². The van der Waals surface area contributed by atoms with Crippen LogP contribution in [0.4, 0.5) is 0 Å². The average molecular weight is 257 g/mol. The van der Waals surface area contributed by atoms with Crippen LogP contribution in [0, 0.1) is 0 Å². The van der Waals surface area contributed by atoms with Crippen LogP contribution >= 0.6 is 0 Å². The van der Waals surface area contributed by atoms with Crippen molar-refractivity contribution in [2.75, 3.05) is 6.54 Å². The lowest BCUT2D eigenvalue weighted by molar-refractivity contribution is 0.466. The van der Waals surface area contributed by atoms with E-state index < -0.39 is 0 Å². The Kier molecular flexibility index (Phi) is 5.16. The maximum atomic E-state index is 4.46. The van der Waals surface area contributed by atoms with Gasteiger partial charge in [-0.15, -0.1) is 0 Å². The molecule has 1 aromatic carbocycles. The molecule has 0 aliphatic heterocycles. The van der Waals surface area contributed by atoms with Crippen LogP contribution in [-0.4, -0.2) is 22.1 Å². The third-order valence-electron chi connectivity index (χ3n) is 3.52. The van der Waals surface area contributed by atoms with E-state index in [4.69, 9.17) is 0 Å². The van der Waals surface area contributed by atoms with E-state index in [9.17, 15) is 0 Å². The molecule has 102 valence electrons. The van der Waals surface area contributed by atoms with Crippen LogP contribution in [-0.2, 0) is 6.54 Å². The fourth-order valence-electron chi connectivity index (χ4n) is 2.30. The first-order valence-electron chi connectivity index (χ1n) is 7.15. The van der Waals surface area contributed by atoms with Gasteiger partial charge in [-0.2, -0.15) is 0 Å². The molecule has 3 heteroatoms. The summed E-state index contributed by atoms with van der Waals surface area (Å²) < 4.78 is 2.21. The summed E-state index contributed by atoms with van der Waals surface area (Å²) in [5, 5.41) is 3.59. The molecule has 0 spiro atoms. The number of benzene rings is 1. The van der Waals surface area contributed by atoms with Crippen LogP contribution in [0.5, 0.6) is 0 Å². The summed E-state index contributed by atoms with van der Waals surface area (Å²) in [5.41, 5.74) is 1.18. The lowest BCUT2D eigenvalue weighted by atomic mass is 10.2. The molecule has 0 unspecified atom stereocenters. The number of aromatic nitrogens is 2. The van der Waals surface area contributed by atoms with Crippen LogP contribution in [0.1, 0.15) is 26.7 Å². The summed E-state index contributed by atoms with van der Waals surface area (Å²) in [5.74, 6) is 1.05. The van der Waals surface area contributed by atoms with Crippen LogP contribution in [0.2, 0.25) is 0 Å². The van der Waals surface area contributed by atoms with Crippen LogP contribution < -0.4 is 5.32 Å². The Hall–Kier alpha value is -1.61. The molecule has 1 N–H and O–H groups in total. The van der Waals surface area contributed by atoms with Crippen molar-refractivity contribution in [3.8, 4) is 11.4 Å². The van der Waals surface area contributed by atoms with Gasteiger partial charge >= 0.3 is 0 Å². The highest BCUT2D eigenvalue weighted by atomic mass is 15.1. The number of nitrogens with zero attached hydrogens (tertiary/aromatic N) is 2. The van der Waals surface area contributed by atoms with E-state index in [-0.39, 0.29) is 0 Å². The molecule has 3 nitrogen and oxygen atoms in total. The van der Waals surface area contributed by atoms with Crippen LogP contribution in [0.25, 0.3) is 11.4 Å². The van der Waals surface area contributed by atoms with Gasteiger partial charge < -0.3 is 9.88 Å². The smallest absolute Gasteiger partial charge is 0.139 e. The van der Waals surface area contributed by atoms with E-state index in [2.05, 4.69) is 59.2 Å². The lowest BCUT2D eigenvalue weighted by Crippen LogP contribution is -2.30. The third kappa shape index (κ3) is 3.67. The van der Waals surface area contributed by atoms with Crippen LogP contribution in [0.3, 0.4) is 0 Å². The minimum Gasteiger partial charge on any atom is -0.330 e. The van der Waals surface area contributed by atoms with Crippen molar-refractivity contribution in [1.82, 2.24) is 14.9 Å². The molecule has 1 aromatic heterocycles. The van der Waals surface area contributed by atoms with E-state index in [1.807, 2.05) is 12.3 Å². The normalized spacial score (nSPS) is 11.1. The van der Waals surface area contributed by atoms with Crippen LogP contribution in [0.15, 0.2) is 42.7 Å². The molecule has 2 rings (SSSR count). The van der Waals surface area contributed by atoms with Crippen molar-refractivity contribution in [3.63, 3.8) is 0 Å². The van der Waals surface area contributed by atoms with Gasteiger partial charge in [0.05, 0.1) is 0 Å². The maximum Gasteiger partial charge on any atom is 0.139 e. The number of nitrogens with one attached hydrogen (secondary N) is 1. The maximum absolute atomic E-state index is 4.46. The monoisotopic (exact) mass is 257 g/mol. The Morgan fingerprint density at radius 3 is 2.58 bits per heavy atom. The van der Waals surface area contributed by atoms with Gasteiger partial charge in [-0.3, -0.25) is 0 Å². The van der Waals surface area contributed by atoms with E-state index in [1.54, 1.807) is 0 Å². The van der Waals surface area contributed by atoms with Crippen molar-refractivity contribution >= 4 is 0 Å². The number of hydrogen-bond donors (Lipinski definition) is 1. The third-order valence-corrected chi connectivity index (χ3v) is 3.52. The molecular formula is C16H23N3. The predicted octanol–water partition coefficient (Wildman–Crippen LogP) is 3.33. The molecular weight excluding hydrogens is 234 g/mol. The standard InChI is InChI=1S/C16H23N3/c1-3-15(4-2)17-10-12-19-13-11-18-16(19)14-8-6-5-7-9-14/h5-9,11,13,15,17H,3-4,10,12H2,1-2H3. The molecule has 0 bridgehead atoms. The molecule has 0 amide bonds. The molecule has 0 atom stereocenters. The Morgan fingerprint density at radius 1 is 1.16 bits per heavy atom. The van der Waals surface area contributed by atoms with Gasteiger partial charge in [-0.25, -0.2) is 4.98 Å². The van der Waals surface area contributed by atoms with Gasteiger partial charge in [0.2, 0.25) is 0 Å². The molecule has 0 radical (unpaired) electrons. The second kappa shape index (κ2) is 7.10. The first-order chi connectivity index (χ1) is 9.35. The van der Waals surface area contributed by atoms with Crippen molar-refractivity contribution in [3.05, 3.63) is 42.7 Å². The van der Waals surface area contributed by atoms with E-state index >= 15 is 0 Å². The molecule has 0 aliphatic rings. The zero-order valence-corrected chi connectivity index (χ0v) is 11.8. The number of imidazole rings is 1. The van der Waals surface area contributed by atoms with Crippen molar-refractivity contribution in [1.29, 1.82) is 0 Å². The molecule has 0 saturated heterocycles. The van der Waals surface area contributed by atoms with Gasteiger partial charge in [0.25, 0.3) is 0 Å². The minimum atomic E-state index is 0.628. The highest BCUT2D eigenvalue weighted by Crippen LogP contribution is 2.16. The van der Waals surface area contributed by atoms with E-state index in [0.717, 1.165) is 18.9 Å². The van der Waals surface area contributed by atoms with E-state index in [1.165, 1.54) is 18.4 Å². The first-order valence-corrected chi connectivity index (χ1v) is 7.15. The Balaban J connectivity index is 1.97. The minimum absolute atomic E-state index is 0.628.